The molecule has 0 bridgehead atoms. The number of carbonyl (C=O) groups excluding carboxylic acids is 1. The highest BCUT2D eigenvalue weighted by atomic mass is 16.5. The average Bonchev–Trinajstić information content (AvgIpc) is 2.45. The Hall–Kier alpha value is -2.37. The van der Waals surface area contributed by atoms with Gasteiger partial charge >= 0.3 is 0 Å². The van der Waals surface area contributed by atoms with Gasteiger partial charge in [-0.3, -0.25) is 4.79 Å². The SMILES string of the molecule is COc1ccc(N=NC2=C(O)CC(C)(C)CC2=O)c(OC)c1. The maximum Gasteiger partial charge on any atom is 0.187 e. The molecule has 0 amide bonds. The summed E-state index contributed by atoms with van der Waals surface area (Å²) in [6, 6.07) is 5.07. The molecule has 0 unspecified atom stereocenters. The largest absolute Gasteiger partial charge is 0.510 e. The number of Topliss-reactive ketones (excluding diaryl/α,β-unsaturated/α-hetero) is 1. The molecule has 1 N–H and O–H groups in total. The molecule has 0 spiro atoms. The van der Waals surface area contributed by atoms with Crippen LogP contribution >= 0.6 is 0 Å². The average molecular weight is 304 g/mol. The molecule has 6 heteroatoms. The number of ketones is 1. The smallest absolute Gasteiger partial charge is 0.187 e. The summed E-state index contributed by atoms with van der Waals surface area (Å²) < 4.78 is 10.3. The van der Waals surface area contributed by atoms with Crippen LogP contribution in [0.2, 0.25) is 0 Å². The van der Waals surface area contributed by atoms with E-state index < -0.39 is 0 Å². The molecule has 0 fully saturated rings. The molecule has 0 saturated carbocycles. The van der Waals surface area contributed by atoms with Gasteiger partial charge in [0, 0.05) is 18.9 Å². The third kappa shape index (κ3) is 3.44. The van der Waals surface area contributed by atoms with E-state index in [1.807, 2.05) is 13.8 Å². The molecule has 1 aromatic rings. The fourth-order valence-corrected chi connectivity index (χ4v) is 2.36. The topological polar surface area (TPSA) is 80.5 Å². The number of azo groups is 1. The number of rotatable bonds is 4. The van der Waals surface area contributed by atoms with Gasteiger partial charge in [-0.1, -0.05) is 13.8 Å². The summed E-state index contributed by atoms with van der Waals surface area (Å²) in [7, 11) is 3.07. The summed E-state index contributed by atoms with van der Waals surface area (Å²) in [5, 5.41) is 18.0. The van der Waals surface area contributed by atoms with Crippen molar-refractivity contribution in [2.45, 2.75) is 26.7 Å². The molecule has 0 aliphatic heterocycles. The van der Waals surface area contributed by atoms with E-state index in [4.69, 9.17) is 9.47 Å². The second-order valence-electron chi connectivity index (χ2n) is 5.97. The number of aliphatic hydroxyl groups is 1. The Morgan fingerprint density at radius 2 is 1.86 bits per heavy atom. The number of methoxy groups -OCH3 is 2. The van der Waals surface area contributed by atoms with E-state index in [0.29, 0.717) is 30.0 Å². The quantitative estimate of drug-likeness (QED) is 0.854. The summed E-state index contributed by atoms with van der Waals surface area (Å²) in [6.07, 6.45) is 0.748. The Morgan fingerprint density at radius 3 is 2.45 bits per heavy atom. The van der Waals surface area contributed by atoms with Gasteiger partial charge in [0.15, 0.2) is 11.5 Å². The molecule has 1 aliphatic rings. The van der Waals surface area contributed by atoms with Crippen molar-refractivity contribution < 1.29 is 19.4 Å². The number of allylic oxidation sites excluding steroid dienone is 2. The third-order valence-corrected chi connectivity index (χ3v) is 3.47. The fourth-order valence-electron chi connectivity index (χ4n) is 2.36. The molecule has 0 atom stereocenters. The first kappa shape index (κ1) is 16.0. The fraction of sp³-hybridized carbons (Fsp3) is 0.438. The van der Waals surface area contributed by atoms with Crippen molar-refractivity contribution in [3.8, 4) is 11.5 Å². The second-order valence-corrected chi connectivity index (χ2v) is 5.97. The lowest BCUT2D eigenvalue weighted by molar-refractivity contribution is -0.118. The number of ether oxygens (including phenoxy) is 2. The lowest BCUT2D eigenvalue weighted by Gasteiger charge is -2.27. The number of carbonyl (C=O) groups is 1. The van der Waals surface area contributed by atoms with E-state index in [1.165, 1.54) is 7.11 Å². The van der Waals surface area contributed by atoms with Crippen molar-refractivity contribution in [1.82, 2.24) is 0 Å². The van der Waals surface area contributed by atoms with Crippen molar-refractivity contribution in [3.63, 3.8) is 0 Å². The number of hydrogen-bond donors (Lipinski definition) is 1. The molecule has 0 aromatic heterocycles. The maximum atomic E-state index is 12.1. The van der Waals surface area contributed by atoms with Crippen LogP contribution in [0.1, 0.15) is 26.7 Å². The highest BCUT2D eigenvalue weighted by Crippen LogP contribution is 2.37. The molecular weight excluding hydrogens is 284 g/mol. The van der Waals surface area contributed by atoms with E-state index >= 15 is 0 Å². The Morgan fingerprint density at radius 1 is 1.14 bits per heavy atom. The third-order valence-electron chi connectivity index (χ3n) is 3.47. The molecule has 6 nitrogen and oxygen atoms in total. The summed E-state index contributed by atoms with van der Waals surface area (Å²) in [5.41, 5.74) is 0.233. The zero-order valence-electron chi connectivity index (χ0n) is 13.2. The molecule has 1 aromatic carbocycles. The first-order valence-corrected chi connectivity index (χ1v) is 6.95. The van der Waals surface area contributed by atoms with Gasteiger partial charge in [0.1, 0.15) is 22.9 Å². The van der Waals surface area contributed by atoms with Crippen molar-refractivity contribution in [2.75, 3.05) is 14.2 Å². The molecule has 0 radical (unpaired) electrons. The van der Waals surface area contributed by atoms with E-state index in [9.17, 15) is 9.90 Å². The molecule has 0 heterocycles. The van der Waals surface area contributed by atoms with E-state index in [1.54, 1.807) is 25.3 Å². The highest BCUT2D eigenvalue weighted by molar-refractivity contribution is 5.96. The maximum absolute atomic E-state index is 12.1. The van der Waals surface area contributed by atoms with Crippen molar-refractivity contribution in [2.24, 2.45) is 15.6 Å². The molecule has 0 saturated heterocycles. The van der Waals surface area contributed by atoms with Gasteiger partial charge in [0.05, 0.1) is 14.2 Å². The minimum atomic E-state index is -0.252. The van der Waals surface area contributed by atoms with Crippen LogP contribution < -0.4 is 9.47 Å². The molecule has 1 aliphatic carbocycles. The lowest BCUT2D eigenvalue weighted by atomic mass is 9.78. The predicted octanol–water partition coefficient (Wildman–Crippen LogP) is 3.95. The standard InChI is InChI=1S/C16H20N2O4/c1-16(2)8-12(19)15(13(20)9-16)18-17-11-6-5-10(21-3)7-14(11)22-4/h5-7,19H,8-9H2,1-4H3. The summed E-state index contributed by atoms with van der Waals surface area (Å²) in [4.78, 5) is 12.1. The van der Waals surface area contributed by atoms with Crippen LogP contribution in [-0.4, -0.2) is 25.1 Å². The van der Waals surface area contributed by atoms with E-state index in [-0.39, 0.29) is 22.7 Å². The van der Waals surface area contributed by atoms with Crippen molar-refractivity contribution >= 4 is 11.5 Å². The van der Waals surface area contributed by atoms with Gasteiger partial charge in [-0.05, 0) is 17.5 Å². The minimum absolute atomic E-state index is 0.0162. The summed E-state index contributed by atoms with van der Waals surface area (Å²) in [6.45, 7) is 3.86. The first-order chi connectivity index (χ1) is 10.4. The highest BCUT2D eigenvalue weighted by Gasteiger charge is 2.33. The van der Waals surface area contributed by atoms with Crippen LogP contribution in [0.25, 0.3) is 0 Å². The monoisotopic (exact) mass is 304 g/mol. The number of hydrogen-bond acceptors (Lipinski definition) is 6. The molecule has 118 valence electrons. The van der Waals surface area contributed by atoms with Crippen molar-refractivity contribution in [1.29, 1.82) is 0 Å². The normalized spacial score (nSPS) is 17.9. The van der Waals surface area contributed by atoms with Crippen molar-refractivity contribution in [3.05, 3.63) is 29.7 Å². The van der Waals surface area contributed by atoms with Gasteiger partial charge in [-0.15, -0.1) is 10.2 Å². The molecule has 22 heavy (non-hydrogen) atoms. The Kier molecular flexibility index (Phi) is 4.49. The Balaban J connectivity index is 2.30. The number of nitrogens with zero attached hydrogens (tertiary/aromatic N) is 2. The van der Waals surface area contributed by atoms with Crippen LogP contribution in [-0.2, 0) is 4.79 Å². The minimum Gasteiger partial charge on any atom is -0.510 e. The van der Waals surface area contributed by atoms with Gasteiger partial charge in [-0.2, -0.15) is 0 Å². The Bertz CT molecular complexity index is 648. The Labute approximate surface area is 129 Å². The van der Waals surface area contributed by atoms with Gasteiger partial charge in [-0.25, -0.2) is 0 Å². The van der Waals surface area contributed by atoms with Crippen LogP contribution in [0.4, 0.5) is 5.69 Å². The van der Waals surface area contributed by atoms with Gasteiger partial charge in [0.25, 0.3) is 0 Å². The zero-order valence-corrected chi connectivity index (χ0v) is 13.2. The second kappa shape index (κ2) is 6.17. The lowest BCUT2D eigenvalue weighted by Crippen LogP contribution is -2.25. The van der Waals surface area contributed by atoms with Crippen LogP contribution in [0.5, 0.6) is 11.5 Å². The summed E-state index contributed by atoms with van der Waals surface area (Å²) >= 11 is 0. The first-order valence-electron chi connectivity index (χ1n) is 6.95. The van der Waals surface area contributed by atoms with Gasteiger partial charge < -0.3 is 14.6 Å². The van der Waals surface area contributed by atoms with E-state index in [2.05, 4.69) is 10.2 Å². The van der Waals surface area contributed by atoms with Crippen LogP contribution in [0, 0.1) is 5.41 Å². The van der Waals surface area contributed by atoms with Crippen LogP contribution in [0.3, 0.4) is 0 Å². The molecule has 2 rings (SSSR count). The predicted molar refractivity (Wildman–Crippen MR) is 81.7 cm³/mol. The van der Waals surface area contributed by atoms with Crippen LogP contribution in [0.15, 0.2) is 39.9 Å². The van der Waals surface area contributed by atoms with E-state index in [0.717, 1.165) is 0 Å². The number of aliphatic hydroxyl groups excluding tert-OH is 1. The molecular formula is C16H20N2O4. The van der Waals surface area contributed by atoms with Gasteiger partial charge in [0.2, 0.25) is 0 Å². The number of benzene rings is 1. The zero-order chi connectivity index (χ0) is 16.3. The summed E-state index contributed by atoms with van der Waals surface area (Å²) in [5.74, 6) is 0.891.